The van der Waals surface area contributed by atoms with Gasteiger partial charge in [0.05, 0.1) is 0 Å². The number of hydrogen-bond donors (Lipinski definition) is 0. The van der Waals surface area contributed by atoms with Gasteiger partial charge < -0.3 is 14.2 Å². The van der Waals surface area contributed by atoms with E-state index in [1.165, 1.54) is 180 Å². The van der Waals surface area contributed by atoms with E-state index in [1.807, 2.05) is 0 Å². The summed E-state index contributed by atoms with van der Waals surface area (Å²) in [6.07, 6.45) is 73.9. The molecule has 0 bridgehead atoms. The molecule has 0 aliphatic rings. The van der Waals surface area contributed by atoms with Crippen LogP contribution in [0.3, 0.4) is 0 Å². The molecule has 70 heavy (non-hydrogen) atoms. The van der Waals surface area contributed by atoms with E-state index in [2.05, 4.69) is 81.5 Å². The summed E-state index contributed by atoms with van der Waals surface area (Å²) in [5.74, 6) is -0.865. The SMILES string of the molecule is CC/C=C\C/C=C\C/C=C\C/C=C\C/C=C\CCCCCCCCCCCCCC(=O)OCC(COC(=O)CCCCCCCCC)OC(=O)CCCCCCCCCCCCCCCCCCCC. The molecule has 0 aliphatic carbocycles. The van der Waals surface area contributed by atoms with Crippen LogP contribution in [0.1, 0.15) is 310 Å². The number of carbonyl (C=O) groups excluding carboxylic acids is 3. The average molecular weight is 980 g/mol. The minimum Gasteiger partial charge on any atom is -0.462 e. The lowest BCUT2D eigenvalue weighted by atomic mass is 10.0. The second-order valence-corrected chi connectivity index (χ2v) is 20.2. The zero-order chi connectivity index (χ0) is 50.7. The van der Waals surface area contributed by atoms with Crippen molar-refractivity contribution in [2.24, 2.45) is 0 Å². The van der Waals surface area contributed by atoms with Crippen molar-refractivity contribution in [3.8, 4) is 0 Å². The van der Waals surface area contributed by atoms with Gasteiger partial charge in [0, 0.05) is 19.3 Å². The first-order valence-electron chi connectivity index (χ1n) is 30.3. The summed E-state index contributed by atoms with van der Waals surface area (Å²) >= 11 is 0. The first-order valence-corrected chi connectivity index (χ1v) is 30.3. The van der Waals surface area contributed by atoms with Crippen LogP contribution < -0.4 is 0 Å². The molecule has 0 spiro atoms. The van der Waals surface area contributed by atoms with Crippen molar-refractivity contribution in [1.29, 1.82) is 0 Å². The van der Waals surface area contributed by atoms with E-state index in [9.17, 15) is 14.4 Å². The van der Waals surface area contributed by atoms with Crippen molar-refractivity contribution in [2.45, 2.75) is 316 Å². The number of allylic oxidation sites excluding steroid dienone is 10. The highest BCUT2D eigenvalue weighted by Gasteiger charge is 2.19. The van der Waals surface area contributed by atoms with Crippen molar-refractivity contribution in [2.75, 3.05) is 13.2 Å². The molecule has 1 atom stereocenters. The topological polar surface area (TPSA) is 78.9 Å². The molecule has 0 saturated heterocycles. The van der Waals surface area contributed by atoms with Crippen molar-refractivity contribution in [3.63, 3.8) is 0 Å². The maximum atomic E-state index is 12.8. The molecule has 0 N–H and O–H groups in total. The Hall–Kier alpha value is -2.89. The van der Waals surface area contributed by atoms with Gasteiger partial charge >= 0.3 is 17.9 Å². The summed E-state index contributed by atoms with van der Waals surface area (Å²) < 4.78 is 16.8. The average Bonchev–Trinajstić information content (AvgIpc) is 3.36. The second kappa shape index (κ2) is 58.7. The van der Waals surface area contributed by atoms with Crippen LogP contribution in [0.2, 0.25) is 0 Å². The largest absolute Gasteiger partial charge is 0.462 e. The van der Waals surface area contributed by atoms with E-state index >= 15 is 0 Å². The summed E-state index contributed by atoms with van der Waals surface area (Å²) in [7, 11) is 0. The van der Waals surface area contributed by atoms with Gasteiger partial charge in [-0.05, 0) is 64.2 Å². The Morgan fingerprint density at radius 1 is 0.300 bits per heavy atom. The van der Waals surface area contributed by atoms with E-state index in [0.717, 1.165) is 89.9 Å². The molecule has 0 amide bonds. The van der Waals surface area contributed by atoms with Crippen molar-refractivity contribution >= 4 is 17.9 Å². The Bertz CT molecular complexity index is 1260. The van der Waals surface area contributed by atoms with E-state index in [4.69, 9.17) is 14.2 Å². The Balaban J connectivity index is 4.12. The van der Waals surface area contributed by atoms with E-state index < -0.39 is 6.10 Å². The van der Waals surface area contributed by atoms with E-state index in [-0.39, 0.29) is 31.1 Å². The molecule has 0 saturated carbocycles. The molecule has 0 aliphatic heterocycles. The number of unbranched alkanes of at least 4 members (excludes halogenated alkanes) is 34. The lowest BCUT2D eigenvalue weighted by Gasteiger charge is -2.18. The molecular weight excluding hydrogens is 865 g/mol. The number of ether oxygens (including phenoxy) is 3. The predicted molar refractivity (Wildman–Crippen MR) is 302 cm³/mol. The first-order chi connectivity index (χ1) is 34.5. The van der Waals surface area contributed by atoms with Gasteiger partial charge in [-0.1, -0.05) is 287 Å². The van der Waals surface area contributed by atoms with Crippen molar-refractivity contribution < 1.29 is 28.6 Å². The highest BCUT2D eigenvalue weighted by Crippen LogP contribution is 2.17. The fourth-order valence-corrected chi connectivity index (χ4v) is 8.77. The number of carbonyl (C=O) groups is 3. The molecule has 0 aromatic carbocycles. The van der Waals surface area contributed by atoms with Gasteiger partial charge in [-0.25, -0.2) is 0 Å². The van der Waals surface area contributed by atoms with Gasteiger partial charge in [0.15, 0.2) is 6.10 Å². The van der Waals surface area contributed by atoms with E-state index in [0.29, 0.717) is 19.3 Å². The smallest absolute Gasteiger partial charge is 0.306 e. The van der Waals surface area contributed by atoms with Crippen LogP contribution in [0.5, 0.6) is 0 Å². The second-order valence-electron chi connectivity index (χ2n) is 20.2. The zero-order valence-corrected chi connectivity index (χ0v) is 46.5. The molecule has 0 heterocycles. The normalized spacial score (nSPS) is 12.4. The number of rotatable bonds is 55. The van der Waals surface area contributed by atoms with Crippen LogP contribution in [0.4, 0.5) is 0 Å². The Morgan fingerprint density at radius 2 is 0.557 bits per heavy atom. The highest BCUT2D eigenvalue weighted by molar-refractivity contribution is 5.71. The van der Waals surface area contributed by atoms with Gasteiger partial charge in [0.25, 0.3) is 0 Å². The third kappa shape index (κ3) is 56.0. The molecule has 0 radical (unpaired) electrons. The van der Waals surface area contributed by atoms with Crippen molar-refractivity contribution in [1.82, 2.24) is 0 Å². The van der Waals surface area contributed by atoms with Crippen LogP contribution in [0.25, 0.3) is 0 Å². The van der Waals surface area contributed by atoms with Crippen molar-refractivity contribution in [3.05, 3.63) is 60.8 Å². The summed E-state index contributed by atoms with van der Waals surface area (Å²) in [4.78, 5) is 38.0. The summed E-state index contributed by atoms with van der Waals surface area (Å²) in [5.41, 5.74) is 0. The monoisotopic (exact) mass is 979 g/mol. The molecule has 0 aromatic rings. The maximum absolute atomic E-state index is 12.8. The summed E-state index contributed by atoms with van der Waals surface area (Å²) in [6, 6.07) is 0. The van der Waals surface area contributed by atoms with Gasteiger partial charge in [0.2, 0.25) is 0 Å². The van der Waals surface area contributed by atoms with Crippen LogP contribution in [-0.4, -0.2) is 37.2 Å². The Labute approximate surface area is 434 Å². The Kier molecular flexibility index (Phi) is 56.3. The third-order valence-electron chi connectivity index (χ3n) is 13.3. The molecule has 0 rings (SSSR count). The highest BCUT2D eigenvalue weighted by atomic mass is 16.6. The molecule has 0 aromatic heterocycles. The van der Waals surface area contributed by atoms with Gasteiger partial charge in [0.1, 0.15) is 13.2 Å². The van der Waals surface area contributed by atoms with Gasteiger partial charge in [-0.3, -0.25) is 14.4 Å². The quantitative estimate of drug-likeness (QED) is 0.0261. The standard InChI is InChI=1S/C64H114O6/c1-4-7-10-13-16-18-20-22-24-26-28-29-30-31-32-33-34-35-36-38-39-41-43-45-48-51-54-57-63(66)69-60-61(59-68-62(65)56-53-50-47-15-12-9-6-3)70-64(67)58-55-52-49-46-44-42-40-37-27-25-23-21-19-17-14-11-8-5-2/h7,10,16,18,22,24,28-29,31-32,61H,4-6,8-9,11-15,17,19-21,23,25-27,30,33-60H2,1-3H3/b10-7-,18-16-,24-22-,29-28-,32-31-. The zero-order valence-electron chi connectivity index (χ0n) is 46.5. The maximum Gasteiger partial charge on any atom is 0.306 e. The lowest BCUT2D eigenvalue weighted by Crippen LogP contribution is -2.30. The fraction of sp³-hybridized carbons (Fsp3) is 0.797. The molecule has 6 heteroatoms. The van der Waals surface area contributed by atoms with Crippen LogP contribution in [-0.2, 0) is 28.6 Å². The fourth-order valence-electron chi connectivity index (χ4n) is 8.77. The van der Waals surface area contributed by atoms with Crippen LogP contribution in [0.15, 0.2) is 60.8 Å². The summed E-state index contributed by atoms with van der Waals surface area (Å²) in [6.45, 7) is 6.52. The predicted octanol–water partition coefficient (Wildman–Crippen LogP) is 20.4. The summed E-state index contributed by atoms with van der Waals surface area (Å²) in [5, 5.41) is 0. The molecule has 0 fully saturated rings. The van der Waals surface area contributed by atoms with Gasteiger partial charge in [-0.2, -0.15) is 0 Å². The Morgan fingerprint density at radius 3 is 0.871 bits per heavy atom. The lowest BCUT2D eigenvalue weighted by molar-refractivity contribution is -0.167. The van der Waals surface area contributed by atoms with E-state index in [1.54, 1.807) is 0 Å². The third-order valence-corrected chi connectivity index (χ3v) is 13.3. The first kappa shape index (κ1) is 67.1. The molecule has 6 nitrogen and oxygen atoms in total. The number of hydrogen-bond acceptors (Lipinski definition) is 6. The number of esters is 3. The van der Waals surface area contributed by atoms with Crippen LogP contribution in [0, 0.1) is 0 Å². The molecule has 406 valence electrons. The van der Waals surface area contributed by atoms with Gasteiger partial charge in [-0.15, -0.1) is 0 Å². The molecule has 1 unspecified atom stereocenters. The minimum absolute atomic E-state index is 0.0709. The van der Waals surface area contributed by atoms with Crippen LogP contribution >= 0.6 is 0 Å². The minimum atomic E-state index is -0.770. The molecular formula is C64H114O6.